The van der Waals surface area contributed by atoms with Crippen molar-refractivity contribution in [2.75, 3.05) is 0 Å². The number of phenolic OH excluding ortho intramolecular Hbond substituents is 1. The Balaban J connectivity index is 2.00. The van der Waals surface area contributed by atoms with Crippen molar-refractivity contribution in [2.24, 2.45) is 0 Å². The van der Waals surface area contributed by atoms with Crippen LogP contribution in [0.5, 0.6) is 5.75 Å². The van der Waals surface area contributed by atoms with Gasteiger partial charge in [-0.05, 0) is 48.9 Å². The zero-order valence-corrected chi connectivity index (χ0v) is 15.7. The second-order valence-electron chi connectivity index (χ2n) is 6.43. The van der Waals surface area contributed by atoms with Crippen molar-refractivity contribution >= 4 is 15.6 Å². The number of carbonyl (C=O) groups excluding carboxylic acids is 1. The van der Waals surface area contributed by atoms with Gasteiger partial charge in [-0.3, -0.25) is 4.79 Å². The van der Waals surface area contributed by atoms with Crippen molar-refractivity contribution in [3.05, 3.63) is 95.6 Å². The van der Waals surface area contributed by atoms with E-state index in [1.807, 2.05) is 6.92 Å². The Hall–Kier alpha value is -2.92. The predicted molar refractivity (Wildman–Crippen MR) is 105 cm³/mol. The van der Waals surface area contributed by atoms with Crippen molar-refractivity contribution in [3.63, 3.8) is 0 Å². The SMILES string of the molecule is Cc1ccc(S(=O)(=O)[C@H](CC(=O)c2ccc(O)cc2)c2ccccc2)cc1. The fourth-order valence-corrected chi connectivity index (χ4v) is 4.63. The quantitative estimate of drug-likeness (QED) is 0.640. The molecule has 0 aromatic heterocycles. The lowest BCUT2D eigenvalue weighted by molar-refractivity contribution is 0.0980. The lowest BCUT2D eigenvalue weighted by Gasteiger charge is -2.18. The summed E-state index contributed by atoms with van der Waals surface area (Å²) in [6.07, 6.45) is -0.176. The van der Waals surface area contributed by atoms with Crippen LogP contribution >= 0.6 is 0 Å². The van der Waals surface area contributed by atoms with Gasteiger partial charge in [-0.25, -0.2) is 8.42 Å². The molecule has 3 aromatic rings. The molecule has 1 N–H and O–H groups in total. The molecule has 1 atom stereocenters. The third kappa shape index (κ3) is 4.26. The van der Waals surface area contributed by atoms with Gasteiger partial charge in [0.2, 0.25) is 0 Å². The summed E-state index contributed by atoms with van der Waals surface area (Å²) < 4.78 is 26.5. The molecular weight excluding hydrogens is 360 g/mol. The molecule has 4 nitrogen and oxygen atoms in total. The van der Waals surface area contributed by atoms with E-state index in [0.29, 0.717) is 11.1 Å². The van der Waals surface area contributed by atoms with Crippen LogP contribution in [0, 0.1) is 6.92 Å². The van der Waals surface area contributed by atoms with Crippen LogP contribution in [0.4, 0.5) is 0 Å². The normalized spacial score (nSPS) is 12.5. The number of hydrogen-bond acceptors (Lipinski definition) is 4. The van der Waals surface area contributed by atoms with Crippen LogP contribution in [0.25, 0.3) is 0 Å². The summed E-state index contributed by atoms with van der Waals surface area (Å²) in [6.45, 7) is 1.89. The molecule has 0 unspecified atom stereocenters. The average Bonchev–Trinajstić information content (AvgIpc) is 2.67. The number of hydrogen-bond donors (Lipinski definition) is 1. The van der Waals surface area contributed by atoms with Crippen molar-refractivity contribution in [1.29, 1.82) is 0 Å². The molecule has 3 aromatic carbocycles. The van der Waals surface area contributed by atoms with E-state index in [4.69, 9.17) is 0 Å². The van der Waals surface area contributed by atoms with Gasteiger partial charge in [0.15, 0.2) is 15.6 Å². The number of aromatic hydroxyl groups is 1. The predicted octanol–water partition coefficient (Wildman–Crippen LogP) is 4.49. The minimum Gasteiger partial charge on any atom is -0.508 e. The topological polar surface area (TPSA) is 71.4 Å². The highest BCUT2D eigenvalue weighted by Gasteiger charge is 2.31. The number of phenols is 1. The summed E-state index contributed by atoms with van der Waals surface area (Å²) in [6, 6.07) is 21.2. The third-order valence-electron chi connectivity index (χ3n) is 4.46. The number of ketones is 1. The first kappa shape index (κ1) is 18.9. The Kier molecular flexibility index (Phi) is 5.42. The standard InChI is InChI=1S/C22H20O4S/c1-16-7-13-20(14-8-16)27(25,26)22(18-5-3-2-4-6-18)15-21(24)17-9-11-19(23)12-10-17/h2-14,22-23H,15H2,1H3/t22-/m1/s1. The number of aryl methyl sites for hydroxylation is 1. The monoisotopic (exact) mass is 380 g/mol. The third-order valence-corrected chi connectivity index (χ3v) is 6.57. The van der Waals surface area contributed by atoms with Gasteiger partial charge in [0.05, 0.1) is 10.1 Å². The molecular formula is C22H20O4S. The van der Waals surface area contributed by atoms with Crippen LogP contribution in [0.15, 0.2) is 83.8 Å². The summed E-state index contributed by atoms with van der Waals surface area (Å²) in [5.74, 6) is -0.238. The Labute approximate surface area is 159 Å². The largest absolute Gasteiger partial charge is 0.508 e. The molecule has 0 saturated heterocycles. The van der Waals surface area contributed by atoms with Crippen LogP contribution < -0.4 is 0 Å². The summed E-state index contributed by atoms with van der Waals surface area (Å²) in [5.41, 5.74) is 1.91. The summed E-state index contributed by atoms with van der Waals surface area (Å²) in [4.78, 5) is 12.9. The summed E-state index contributed by atoms with van der Waals surface area (Å²) in [7, 11) is -3.75. The Morgan fingerprint density at radius 2 is 1.48 bits per heavy atom. The Morgan fingerprint density at radius 1 is 0.889 bits per heavy atom. The van der Waals surface area contributed by atoms with Crippen LogP contribution in [-0.2, 0) is 9.84 Å². The molecule has 5 heteroatoms. The summed E-state index contributed by atoms with van der Waals surface area (Å²) >= 11 is 0. The van der Waals surface area contributed by atoms with Gasteiger partial charge < -0.3 is 5.11 Å². The van der Waals surface area contributed by atoms with E-state index in [0.717, 1.165) is 5.56 Å². The van der Waals surface area contributed by atoms with Crippen molar-refractivity contribution < 1.29 is 18.3 Å². The molecule has 138 valence electrons. The van der Waals surface area contributed by atoms with Gasteiger partial charge >= 0.3 is 0 Å². The highest BCUT2D eigenvalue weighted by molar-refractivity contribution is 7.91. The van der Waals surface area contributed by atoms with Crippen LogP contribution in [0.1, 0.15) is 33.2 Å². The maximum Gasteiger partial charge on any atom is 0.185 e. The maximum absolute atomic E-state index is 13.3. The smallest absolute Gasteiger partial charge is 0.185 e. The van der Waals surface area contributed by atoms with E-state index >= 15 is 0 Å². The number of Topliss-reactive ketones (excluding diaryl/α,β-unsaturated/α-hetero) is 1. The van der Waals surface area contributed by atoms with Gasteiger partial charge in [-0.2, -0.15) is 0 Å². The highest BCUT2D eigenvalue weighted by Crippen LogP contribution is 2.33. The first-order valence-corrected chi connectivity index (χ1v) is 10.1. The van der Waals surface area contributed by atoms with E-state index in [-0.39, 0.29) is 22.8 Å². The minimum absolute atomic E-state index is 0.0541. The maximum atomic E-state index is 13.3. The van der Waals surface area contributed by atoms with E-state index in [1.54, 1.807) is 54.6 Å². The molecule has 0 fully saturated rings. The molecule has 0 spiro atoms. The fraction of sp³-hybridized carbons (Fsp3) is 0.136. The molecule has 0 saturated carbocycles. The van der Waals surface area contributed by atoms with E-state index in [2.05, 4.69) is 0 Å². The number of benzene rings is 3. The van der Waals surface area contributed by atoms with Crippen molar-refractivity contribution in [1.82, 2.24) is 0 Å². The zero-order chi connectivity index (χ0) is 19.4. The van der Waals surface area contributed by atoms with E-state index < -0.39 is 15.1 Å². The molecule has 0 heterocycles. The van der Waals surface area contributed by atoms with Gasteiger partial charge in [0.25, 0.3) is 0 Å². The fourth-order valence-electron chi connectivity index (χ4n) is 2.90. The van der Waals surface area contributed by atoms with Crippen molar-refractivity contribution in [2.45, 2.75) is 23.5 Å². The van der Waals surface area contributed by atoms with Crippen LogP contribution in [0.3, 0.4) is 0 Å². The number of rotatable bonds is 6. The van der Waals surface area contributed by atoms with E-state index in [9.17, 15) is 18.3 Å². The second-order valence-corrected chi connectivity index (χ2v) is 8.56. The molecule has 3 rings (SSSR count). The number of sulfone groups is 1. The second kappa shape index (κ2) is 7.76. The Bertz CT molecular complexity index is 1020. The first-order chi connectivity index (χ1) is 12.9. The van der Waals surface area contributed by atoms with E-state index in [1.165, 1.54) is 24.3 Å². The Morgan fingerprint density at radius 3 is 2.07 bits per heavy atom. The van der Waals surface area contributed by atoms with Gasteiger partial charge in [-0.1, -0.05) is 48.0 Å². The minimum atomic E-state index is -3.75. The lowest BCUT2D eigenvalue weighted by Crippen LogP contribution is -2.18. The molecule has 0 aliphatic heterocycles. The molecule has 0 aliphatic carbocycles. The molecule has 0 radical (unpaired) electrons. The van der Waals surface area contributed by atoms with Crippen LogP contribution in [0.2, 0.25) is 0 Å². The van der Waals surface area contributed by atoms with Crippen molar-refractivity contribution in [3.8, 4) is 5.75 Å². The highest BCUT2D eigenvalue weighted by atomic mass is 32.2. The van der Waals surface area contributed by atoms with Crippen LogP contribution in [-0.4, -0.2) is 19.3 Å². The molecule has 0 bridgehead atoms. The van der Waals surface area contributed by atoms with Gasteiger partial charge in [0.1, 0.15) is 5.75 Å². The molecule has 27 heavy (non-hydrogen) atoms. The van der Waals surface area contributed by atoms with Gasteiger partial charge in [0, 0.05) is 12.0 Å². The molecule has 0 amide bonds. The zero-order valence-electron chi connectivity index (χ0n) is 14.9. The van der Waals surface area contributed by atoms with Gasteiger partial charge in [-0.15, -0.1) is 0 Å². The first-order valence-electron chi connectivity index (χ1n) is 8.55. The summed E-state index contributed by atoms with van der Waals surface area (Å²) in [5, 5.41) is 8.41. The molecule has 0 aliphatic rings. The lowest BCUT2D eigenvalue weighted by atomic mass is 10.0. The number of carbonyl (C=O) groups is 1. The average molecular weight is 380 g/mol.